The van der Waals surface area contributed by atoms with Crippen molar-refractivity contribution in [3.8, 4) is 5.75 Å². The first-order valence-corrected chi connectivity index (χ1v) is 7.00. The summed E-state index contributed by atoms with van der Waals surface area (Å²) < 4.78 is 10.8. The standard InChI is InChI=1S/C12H18O6S/c1-2-8-6(3-4-19-8)17-12-11(16)10(15)9(14)7(5-13)18-12/h3-4,7,9-16H,2,5H2,1H3. The molecule has 1 aliphatic rings. The summed E-state index contributed by atoms with van der Waals surface area (Å²) in [5, 5.41) is 40.1. The molecule has 5 unspecified atom stereocenters. The van der Waals surface area contributed by atoms with Gasteiger partial charge < -0.3 is 29.9 Å². The highest BCUT2D eigenvalue weighted by Gasteiger charge is 2.44. The predicted octanol–water partition coefficient (Wildman–Crippen LogP) is -0.511. The van der Waals surface area contributed by atoms with Crippen LogP contribution in [0.3, 0.4) is 0 Å². The lowest BCUT2D eigenvalue weighted by atomic mass is 9.99. The van der Waals surface area contributed by atoms with Gasteiger partial charge in [0.25, 0.3) is 0 Å². The summed E-state index contributed by atoms with van der Waals surface area (Å²) in [6.45, 7) is 1.51. The second kappa shape index (κ2) is 6.17. The fourth-order valence-corrected chi connectivity index (χ4v) is 2.74. The van der Waals surface area contributed by atoms with E-state index in [-0.39, 0.29) is 0 Å². The molecule has 7 heteroatoms. The SMILES string of the molecule is CCc1sccc1OC1OC(CO)C(O)C(O)C1O. The lowest BCUT2D eigenvalue weighted by molar-refractivity contribution is -0.277. The third-order valence-corrected chi connectivity index (χ3v) is 4.16. The molecule has 6 nitrogen and oxygen atoms in total. The molecule has 5 atom stereocenters. The van der Waals surface area contributed by atoms with Crippen molar-refractivity contribution in [1.82, 2.24) is 0 Å². The third-order valence-electron chi connectivity index (χ3n) is 3.12. The molecule has 0 bridgehead atoms. The van der Waals surface area contributed by atoms with Gasteiger partial charge >= 0.3 is 0 Å². The Kier molecular flexibility index (Phi) is 4.77. The van der Waals surface area contributed by atoms with E-state index in [0.29, 0.717) is 5.75 Å². The second-order valence-electron chi connectivity index (χ2n) is 4.38. The summed E-state index contributed by atoms with van der Waals surface area (Å²) in [6, 6.07) is 1.75. The summed E-state index contributed by atoms with van der Waals surface area (Å²) in [4.78, 5) is 0.997. The molecule has 0 aromatic carbocycles. The first kappa shape index (κ1) is 14.7. The van der Waals surface area contributed by atoms with Crippen LogP contribution in [0.2, 0.25) is 0 Å². The molecule has 1 aromatic rings. The molecule has 0 spiro atoms. The Balaban J connectivity index is 2.11. The maximum Gasteiger partial charge on any atom is 0.229 e. The zero-order valence-electron chi connectivity index (χ0n) is 10.5. The summed E-state index contributed by atoms with van der Waals surface area (Å²) >= 11 is 1.52. The largest absolute Gasteiger partial charge is 0.461 e. The number of hydrogen-bond acceptors (Lipinski definition) is 7. The molecule has 0 aliphatic carbocycles. The van der Waals surface area contributed by atoms with Crippen molar-refractivity contribution in [3.63, 3.8) is 0 Å². The van der Waals surface area contributed by atoms with Crippen LogP contribution in [0.1, 0.15) is 11.8 Å². The highest BCUT2D eigenvalue weighted by Crippen LogP contribution is 2.29. The monoisotopic (exact) mass is 290 g/mol. The van der Waals surface area contributed by atoms with E-state index in [1.165, 1.54) is 11.3 Å². The average molecular weight is 290 g/mol. The van der Waals surface area contributed by atoms with Crippen LogP contribution in [-0.4, -0.2) is 57.7 Å². The van der Waals surface area contributed by atoms with Crippen LogP contribution in [-0.2, 0) is 11.2 Å². The zero-order valence-corrected chi connectivity index (χ0v) is 11.3. The Morgan fingerprint density at radius 1 is 1.26 bits per heavy atom. The predicted molar refractivity (Wildman–Crippen MR) is 68.1 cm³/mol. The molecular weight excluding hydrogens is 272 g/mol. The van der Waals surface area contributed by atoms with E-state index in [1.54, 1.807) is 6.07 Å². The highest BCUT2D eigenvalue weighted by atomic mass is 32.1. The van der Waals surface area contributed by atoms with Crippen molar-refractivity contribution < 1.29 is 29.9 Å². The molecule has 0 amide bonds. The number of rotatable bonds is 4. The normalized spacial score (nSPS) is 35.3. The van der Waals surface area contributed by atoms with Crippen molar-refractivity contribution in [2.45, 2.75) is 44.1 Å². The maximum absolute atomic E-state index is 9.85. The molecule has 19 heavy (non-hydrogen) atoms. The number of aryl methyl sites for hydroxylation is 1. The van der Waals surface area contributed by atoms with Crippen LogP contribution < -0.4 is 4.74 Å². The van der Waals surface area contributed by atoms with Crippen LogP contribution in [0.15, 0.2) is 11.4 Å². The number of hydrogen-bond donors (Lipinski definition) is 4. The van der Waals surface area contributed by atoms with Crippen LogP contribution in [0, 0.1) is 0 Å². The first-order valence-electron chi connectivity index (χ1n) is 6.12. The topological polar surface area (TPSA) is 99.4 Å². The van der Waals surface area contributed by atoms with E-state index in [9.17, 15) is 15.3 Å². The van der Waals surface area contributed by atoms with E-state index in [4.69, 9.17) is 14.6 Å². The number of aliphatic hydroxyl groups excluding tert-OH is 4. The molecule has 1 aromatic heterocycles. The van der Waals surface area contributed by atoms with Gasteiger partial charge in [-0.15, -0.1) is 11.3 Å². The molecule has 2 heterocycles. The third kappa shape index (κ3) is 2.91. The minimum absolute atomic E-state index is 0.463. The Hall–Kier alpha value is -0.700. The van der Waals surface area contributed by atoms with Crippen molar-refractivity contribution >= 4 is 11.3 Å². The highest BCUT2D eigenvalue weighted by molar-refractivity contribution is 7.10. The van der Waals surface area contributed by atoms with Crippen LogP contribution >= 0.6 is 11.3 Å². The van der Waals surface area contributed by atoms with E-state index in [0.717, 1.165) is 11.3 Å². The molecule has 0 saturated carbocycles. The van der Waals surface area contributed by atoms with Crippen molar-refractivity contribution in [2.75, 3.05) is 6.61 Å². The lowest BCUT2D eigenvalue weighted by Gasteiger charge is -2.39. The quantitative estimate of drug-likeness (QED) is 0.596. The smallest absolute Gasteiger partial charge is 0.229 e. The van der Waals surface area contributed by atoms with E-state index in [1.807, 2.05) is 12.3 Å². The number of aliphatic hydroxyl groups is 4. The van der Waals surface area contributed by atoms with Gasteiger partial charge in [0.2, 0.25) is 6.29 Å². The lowest BCUT2D eigenvalue weighted by Crippen LogP contribution is -2.60. The van der Waals surface area contributed by atoms with Gasteiger partial charge in [0.15, 0.2) is 0 Å². The van der Waals surface area contributed by atoms with E-state index >= 15 is 0 Å². The van der Waals surface area contributed by atoms with Gasteiger partial charge in [-0.25, -0.2) is 0 Å². The first-order chi connectivity index (χ1) is 9.08. The number of thiophene rings is 1. The molecular formula is C12H18O6S. The Morgan fingerprint density at radius 3 is 2.63 bits per heavy atom. The van der Waals surface area contributed by atoms with E-state index < -0.39 is 37.3 Å². The van der Waals surface area contributed by atoms with Crippen molar-refractivity contribution in [2.24, 2.45) is 0 Å². The average Bonchev–Trinajstić information content (AvgIpc) is 2.86. The Bertz CT molecular complexity index is 407. The molecule has 1 fully saturated rings. The Morgan fingerprint density at radius 2 is 2.00 bits per heavy atom. The second-order valence-corrected chi connectivity index (χ2v) is 5.38. The van der Waals surface area contributed by atoms with Gasteiger partial charge in [0, 0.05) is 4.88 Å². The maximum atomic E-state index is 9.85. The number of ether oxygens (including phenoxy) is 2. The Labute approximate surface area is 114 Å². The van der Waals surface area contributed by atoms with Gasteiger partial charge in [-0.2, -0.15) is 0 Å². The minimum atomic E-state index is -1.42. The minimum Gasteiger partial charge on any atom is -0.461 e. The van der Waals surface area contributed by atoms with Gasteiger partial charge in [-0.1, -0.05) is 6.92 Å². The molecule has 1 aliphatic heterocycles. The van der Waals surface area contributed by atoms with E-state index in [2.05, 4.69) is 0 Å². The molecule has 2 rings (SSSR count). The van der Waals surface area contributed by atoms with Gasteiger partial charge in [0.1, 0.15) is 30.2 Å². The van der Waals surface area contributed by atoms with Gasteiger partial charge in [-0.05, 0) is 17.9 Å². The zero-order chi connectivity index (χ0) is 14.0. The van der Waals surface area contributed by atoms with Crippen LogP contribution in [0.4, 0.5) is 0 Å². The fraction of sp³-hybridized carbons (Fsp3) is 0.667. The van der Waals surface area contributed by atoms with Crippen molar-refractivity contribution in [1.29, 1.82) is 0 Å². The summed E-state index contributed by atoms with van der Waals surface area (Å²) in [5.41, 5.74) is 0. The molecule has 1 saturated heterocycles. The van der Waals surface area contributed by atoms with Crippen molar-refractivity contribution in [3.05, 3.63) is 16.3 Å². The summed E-state index contributed by atoms with van der Waals surface area (Å²) in [7, 11) is 0. The molecule has 0 radical (unpaired) electrons. The summed E-state index contributed by atoms with van der Waals surface area (Å²) in [6.07, 6.45) is -5.44. The van der Waals surface area contributed by atoms with Gasteiger partial charge in [0.05, 0.1) is 6.61 Å². The van der Waals surface area contributed by atoms with Crippen LogP contribution in [0.5, 0.6) is 5.75 Å². The van der Waals surface area contributed by atoms with Crippen LogP contribution in [0.25, 0.3) is 0 Å². The fourth-order valence-electron chi connectivity index (χ4n) is 1.98. The summed E-state index contributed by atoms with van der Waals surface area (Å²) in [5.74, 6) is 0.580. The molecule has 108 valence electrons. The molecule has 4 N–H and O–H groups in total. The van der Waals surface area contributed by atoms with Gasteiger partial charge in [-0.3, -0.25) is 0 Å².